The van der Waals surface area contributed by atoms with Crippen molar-refractivity contribution in [2.24, 2.45) is 0 Å². The van der Waals surface area contributed by atoms with Crippen LogP contribution in [0.25, 0.3) is 60.9 Å². The molecule has 9 aromatic rings. The highest BCUT2D eigenvalue weighted by molar-refractivity contribution is 6.10. The lowest BCUT2D eigenvalue weighted by Crippen LogP contribution is -2.16. The van der Waals surface area contributed by atoms with Gasteiger partial charge >= 0.3 is 0 Å². The number of hydrogen-bond acceptors (Lipinski definition) is 1. The second-order valence-corrected chi connectivity index (χ2v) is 14.8. The smallest absolute Gasteiger partial charge is 0.123 e. The third-order valence-corrected chi connectivity index (χ3v) is 11.3. The Morgan fingerprint density at radius 1 is 0.426 bits per heavy atom. The predicted molar refractivity (Wildman–Crippen MR) is 224 cm³/mol. The number of para-hydroxylation sites is 2. The van der Waals surface area contributed by atoms with Gasteiger partial charge in [0.1, 0.15) is 5.82 Å². The van der Waals surface area contributed by atoms with Gasteiger partial charge in [-0.05, 0) is 117 Å². The monoisotopic (exact) mass is 696 g/mol. The molecular formula is C51H37FN2. The maximum atomic E-state index is 13.7. The molecule has 1 heterocycles. The fraction of sp³-hybridized carbons (Fsp3) is 0.0588. The summed E-state index contributed by atoms with van der Waals surface area (Å²) in [4.78, 5) is 2.34. The summed E-state index contributed by atoms with van der Waals surface area (Å²) in [7, 11) is 0. The summed E-state index contributed by atoms with van der Waals surface area (Å²) in [6.07, 6.45) is 0. The van der Waals surface area contributed by atoms with Crippen LogP contribution in [0.5, 0.6) is 0 Å². The van der Waals surface area contributed by atoms with Gasteiger partial charge in [0, 0.05) is 38.9 Å². The van der Waals surface area contributed by atoms with Crippen molar-refractivity contribution in [3.63, 3.8) is 0 Å². The molecule has 10 rings (SSSR count). The molecule has 0 saturated carbocycles. The van der Waals surface area contributed by atoms with E-state index in [0.717, 1.165) is 39.4 Å². The van der Waals surface area contributed by atoms with E-state index in [-0.39, 0.29) is 11.2 Å². The third-order valence-electron chi connectivity index (χ3n) is 11.3. The lowest BCUT2D eigenvalue weighted by Gasteiger charge is -2.28. The van der Waals surface area contributed by atoms with Gasteiger partial charge in [0.25, 0.3) is 0 Å². The number of nitrogens with zero attached hydrogens (tertiary/aromatic N) is 2. The van der Waals surface area contributed by atoms with Gasteiger partial charge in [-0.3, -0.25) is 0 Å². The second-order valence-electron chi connectivity index (χ2n) is 14.8. The summed E-state index contributed by atoms with van der Waals surface area (Å²) in [6, 6.07) is 66.0. The minimum atomic E-state index is -0.231. The normalized spacial score (nSPS) is 12.9. The average Bonchev–Trinajstić information content (AvgIpc) is 3.67. The number of fused-ring (bicyclic) bond motifs is 6. The Hall–Kier alpha value is -6.71. The summed E-state index contributed by atoms with van der Waals surface area (Å²) in [6.45, 7) is 4.65. The Morgan fingerprint density at radius 2 is 0.963 bits per heavy atom. The van der Waals surface area contributed by atoms with E-state index in [1.54, 1.807) is 0 Å². The zero-order chi connectivity index (χ0) is 36.4. The van der Waals surface area contributed by atoms with Crippen LogP contribution in [-0.4, -0.2) is 4.57 Å². The van der Waals surface area contributed by atoms with Gasteiger partial charge in [-0.25, -0.2) is 4.39 Å². The fourth-order valence-electron chi connectivity index (χ4n) is 8.53. The van der Waals surface area contributed by atoms with Gasteiger partial charge < -0.3 is 9.47 Å². The van der Waals surface area contributed by atoms with Crippen molar-refractivity contribution in [1.82, 2.24) is 4.57 Å². The van der Waals surface area contributed by atoms with Crippen molar-refractivity contribution in [1.29, 1.82) is 0 Å². The average molecular weight is 697 g/mol. The first-order valence-electron chi connectivity index (χ1n) is 18.5. The minimum Gasteiger partial charge on any atom is -0.310 e. The van der Waals surface area contributed by atoms with E-state index in [1.807, 2.05) is 12.1 Å². The van der Waals surface area contributed by atoms with Crippen molar-refractivity contribution in [2.45, 2.75) is 19.3 Å². The molecular weight excluding hydrogens is 660 g/mol. The van der Waals surface area contributed by atoms with Gasteiger partial charge in [0.2, 0.25) is 0 Å². The summed E-state index contributed by atoms with van der Waals surface area (Å²) in [5.74, 6) is -0.231. The molecule has 8 aromatic carbocycles. The van der Waals surface area contributed by atoms with E-state index in [0.29, 0.717) is 0 Å². The highest BCUT2D eigenvalue weighted by Crippen LogP contribution is 2.50. The molecule has 3 heteroatoms. The lowest BCUT2D eigenvalue weighted by molar-refractivity contribution is 0.628. The summed E-state index contributed by atoms with van der Waals surface area (Å²) >= 11 is 0. The van der Waals surface area contributed by atoms with Crippen LogP contribution >= 0.6 is 0 Å². The van der Waals surface area contributed by atoms with Crippen LogP contribution in [0.2, 0.25) is 0 Å². The molecule has 2 nitrogen and oxygen atoms in total. The molecule has 1 aliphatic carbocycles. The maximum Gasteiger partial charge on any atom is 0.123 e. The molecule has 0 bridgehead atoms. The molecule has 0 unspecified atom stereocenters. The van der Waals surface area contributed by atoms with E-state index >= 15 is 0 Å². The van der Waals surface area contributed by atoms with Crippen LogP contribution in [0, 0.1) is 5.82 Å². The Labute approximate surface area is 315 Å². The maximum absolute atomic E-state index is 13.7. The van der Waals surface area contributed by atoms with Crippen LogP contribution in [0.4, 0.5) is 21.5 Å². The van der Waals surface area contributed by atoms with Crippen LogP contribution < -0.4 is 4.90 Å². The molecule has 0 saturated heterocycles. The van der Waals surface area contributed by atoms with E-state index in [2.05, 4.69) is 187 Å². The van der Waals surface area contributed by atoms with Crippen LogP contribution in [0.1, 0.15) is 25.0 Å². The number of halogens is 1. The molecule has 0 N–H and O–H groups in total. The van der Waals surface area contributed by atoms with Crippen molar-refractivity contribution < 1.29 is 4.39 Å². The van der Waals surface area contributed by atoms with Crippen molar-refractivity contribution in [3.05, 3.63) is 205 Å². The quantitative estimate of drug-likeness (QED) is 0.168. The second kappa shape index (κ2) is 12.5. The molecule has 54 heavy (non-hydrogen) atoms. The van der Waals surface area contributed by atoms with E-state index < -0.39 is 0 Å². The number of benzene rings is 8. The first-order chi connectivity index (χ1) is 26.4. The summed E-state index contributed by atoms with van der Waals surface area (Å²) < 4.78 is 16.1. The molecule has 0 spiro atoms. The molecule has 1 aliphatic rings. The standard InChI is InChI=1S/C51H37FN2/c1-51(2)47-14-8-6-12-43(47)44-31-29-42(33-48(44)51)53(40-25-18-35(19-26-40)34-16-23-38(52)24-17-34)41-27-20-36(21-28-41)37-22-30-46-45-13-7-9-15-49(45)54(50(46)32-37)39-10-4-3-5-11-39/h3-33H,1-2H3. The Balaban J connectivity index is 1.08. The van der Waals surface area contributed by atoms with E-state index in [1.165, 1.54) is 61.8 Å². The molecule has 258 valence electrons. The van der Waals surface area contributed by atoms with Crippen LogP contribution in [0.3, 0.4) is 0 Å². The van der Waals surface area contributed by atoms with Gasteiger partial charge in [0.05, 0.1) is 11.0 Å². The SMILES string of the molecule is CC1(C)c2ccccc2-c2ccc(N(c3ccc(-c4ccc(F)cc4)cc3)c3ccc(-c4ccc5c6ccccc6n(-c6ccccc6)c5c4)cc3)cc21. The molecule has 1 aromatic heterocycles. The highest BCUT2D eigenvalue weighted by atomic mass is 19.1. The van der Waals surface area contributed by atoms with Gasteiger partial charge in [-0.1, -0.05) is 129 Å². The summed E-state index contributed by atoms with van der Waals surface area (Å²) in [5, 5.41) is 2.49. The largest absolute Gasteiger partial charge is 0.310 e. The molecule has 0 amide bonds. The molecule has 0 aliphatic heterocycles. The molecule has 0 radical (unpaired) electrons. The first-order valence-corrected chi connectivity index (χ1v) is 18.5. The Bertz CT molecular complexity index is 2830. The third kappa shape index (κ3) is 5.15. The van der Waals surface area contributed by atoms with Crippen LogP contribution in [0.15, 0.2) is 188 Å². The van der Waals surface area contributed by atoms with E-state index in [9.17, 15) is 4.39 Å². The van der Waals surface area contributed by atoms with Gasteiger partial charge in [0.15, 0.2) is 0 Å². The zero-order valence-corrected chi connectivity index (χ0v) is 30.2. The number of hydrogen-bond donors (Lipinski definition) is 0. The van der Waals surface area contributed by atoms with Crippen LogP contribution in [-0.2, 0) is 5.41 Å². The summed E-state index contributed by atoms with van der Waals surface area (Å²) in [5.41, 5.74) is 16.3. The number of anilines is 3. The van der Waals surface area contributed by atoms with Crippen molar-refractivity contribution >= 4 is 38.9 Å². The Kier molecular flexibility index (Phi) is 7.38. The minimum absolute atomic E-state index is 0.120. The molecule has 0 atom stereocenters. The number of rotatable bonds is 6. The number of aromatic nitrogens is 1. The zero-order valence-electron chi connectivity index (χ0n) is 30.2. The first kappa shape index (κ1) is 32.0. The fourth-order valence-corrected chi connectivity index (χ4v) is 8.53. The Morgan fingerprint density at radius 3 is 1.69 bits per heavy atom. The van der Waals surface area contributed by atoms with Gasteiger partial charge in [-0.15, -0.1) is 0 Å². The lowest BCUT2D eigenvalue weighted by atomic mass is 9.82. The predicted octanol–water partition coefficient (Wildman–Crippen LogP) is 14.0. The highest BCUT2D eigenvalue weighted by Gasteiger charge is 2.35. The topological polar surface area (TPSA) is 8.17 Å². The van der Waals surface area contributed by atoms with Gasteiger partial charge in [-0.2, -0.15) is 0 Å². The molecule has 0 fully saturated rings. The van der Waals surface area contributed by atoms with Crippen molar-refractivity contribution in [2.75, 3.05) is 4.90 Å². The van der Waals surface area contributed by atoms with E-state index in [4.69, 9.17) is 0 Å². The van der Waals surface area contributed by atoms with Crippen molar-refractivity contribution in [3.8, 4) is 39.1 Å².